The van der Waals surface area contributed by atoms with Crippen LogP contribution < -0.4 is 0 Å². The van der Waals surface area contributed by atoms with E-state index < -0.39 is 29.2 Å². The molecule has 0 amide bonds. The van der Waals surface area contributed by atoms with Crippen LogP contribution >= 0.6 is 0 Å². The molecule has 88 valence electrons. The van der Waals surface area contributed by atoms with Crippen LogP contribution in [0.2, 0.25) is 0 Å². The zero-order valence-electron chi connectivity index (χ0n) is 7.36. The van der Waals surface area contributed by atoms with Crippen LogP contribution in [0.1, 0.15) is 21.6 Å². The lowest BCUT2D eigenvalue weighted by atomic mass is 10.1. The van der Waals surface area contributed by atoms with Gasteiger partial charge in [-0.3, -0.25) is 9.78 Å². The smallest absolute Gasteiger partial charge is 0.298 e. The lowest BCUT2D eigenvalue weighted by Gasteiger charge is -2.14. The highest BCUT2D eigenvalue weighted by Gasteiger charge is 2.44. The standard InChI is InChI=1S/C8H3F6NO/c9-7(10,11)5-1-4(3-16)2-15-6(5)8(12,13)14/h1-3H. The molecule has 0 saturated carbocycles. The molecule has 2 nitrogen and oxygen atoms in total. The van der Waals surface area contributed by atoms with Gasteiger partial charge in [0.15, 0.2) is 12.0 Å². The molecule has 16 heavy (non-hydrogen) atoms. The Morgan fingerprint density at radius 2 is 1.62 bits per heavy atom. The molecule has 8 heteroatoms. The van der Waals surface area contributed by atoms with Crippen molar-refractivity contribution in [3.8, 4) is 0 Å². The second kappa shape index (κ2) is 3.76. The highest BCUT2D eigenvalue weighted by Crippen LogP contribution is 2.39. The predicted octanol–water partition coefficient (Wildman–Crippen LogP) is 2.93. The molecule has 1 heterocycles. The van der Waals surface area contributed by atoms with Crippen molar-refractivity contribution in [2.45, 2.75) is 12.4 Å². The normalized spacial score (nSPS) is 12.6. The van der Waals surface area contributed by atoms with E-state index in [9.17, 15) is 31.1 Å². The number of rotatable bonds is 1. The van der Waals surface area contributed by atoms with Crippen LogP contribution in [-0.2, 0) is 12.4 Å². The minimum Gasteiger partial charge on any atom is -0.298 e. The van der Waals surface area contributed by atoms with Gasteiger partial charge in [0.05, 0.1) is 5.56 Å². The Balaban J connectivity index is 3.45. The Labute approximate surface area is 84.9 Å². The SMILES string of the molecule is O=Cc1cnc(C(F)(F)F)c(C(F)(F)F)c1. The van der Waals surface area contributed by atoms with Crippen molar-refractivity contribution < 1.29 is 31.1 Å². The Morgan fingerprint density at radius 3 is 2.00 bits per heavy atom. The van der Waals surface area contributed by atoms with Crippen molar-refractivity contribution in [2.24, 2.45) is 0 Å². The number of hydrogen-bond donors (Lipinski definition) is 0. The van der Waals surface area contributed by atoms with Crippen LogP contribution in [0.25, 0.3) is 0 Å². The summed E-state index contributed by atoms with van der Waals surface area (Å²) in [4.78, 5) is 12.8. The average molecular weight is 243 g/mol. The summed E-state index contributed by atoms with van der Waals surface area (Å²) >= 11 is 0. The van der Waals surface area contributed by atoms with Gasteiger partial charge in [-0.2, -0.15) is 26.3 Å². The van der Waals surface area contributed by atoms with Crippen LogP contribution in [-0.4, -0.2) is 11.3 Å². The molecule has 0 aromatic carbocycles. The van der Waals surface area contributed by atoms with Gasteiger partial charge in [-0.25, -0.2) is 0 Å². The van der Waals surface area contributed by atoms with Gasteiger partial charge < -0.3 is 0 Å². The first kappa shape index (κ1) is 12.5. The zero-order valence-corrected chi connectivity index (χ0v) is 7.36. The first-order valence-corrected chi connectivity index (χ1v) is 3.76. The maximum Gasteiger partial charge on any atom is 0.433 e. The summed E-state index contributed by atoms with van der Waals surface area (Å²) in [5.41, 5.74) is -4.59. The number of hydrogen-bond acceptors (Lipinski definition) is 2. The van der Waals surface area contributed by atoms with Crippen molar-refractivity contribution in [1.82, 2.24) is 4.98 Å². The van der Waals surface area contributed by atoms with Gasteiger partial charge in [-0.1, -0.05) is 0 Å². The fourth-order valence-corrected chi connectivity index (χ4v) is 0.987. The highest BCUT2D eigenvalue weighted by molar-refractivity contribution is 5.74. The molecule has 0 saturated heterocycles. The summed E-state index contributed by atoms with van der Waals surface area (Å²) in [6.07, 6.45) is -10.0. The third-order valence-corrected chi connectivity index (χ3v) is 1.62. The largest absolute Gasteiger partial charge is 0.433 e. The molecule has 0 bridgehead atoms. The van der Waals surface area contributed by atoms with Gasteiger partial charge in [0, 0.05) is 11.8 Å². The van der Waals surface area contributed by atoms with Gasteiger partial charge >= 0.3 is 12.4 Å². The maximum absolute atomic E-state index is 12.2. The van der Waals surface area contributed by atoms with E-state index in [4.69, 9.17) is 0 Å². The first-order valence-electron chi connectivity index (χ1n) is 3.76. The molecule has 0 aliphatic carbocycles. The van der Waals surface area contributed by atoms with Crippen LogP contribution in [0.15, 0.2) is 12.3 Å². The molecular weight excluding hydrogens is 240 g/mol. The number of carbonyl (C=O) groups excluding carboxylic acids is 1. The van der Waals surface area contributed by atoms with Crippen LogP contribution in [0.5, 0.6) is 0 Å². The van der Waals surface area contributed by atoms with Gasteiger partial charge in [0.25, 0.3) is 0 Å². The topological polar surface area (TPSA) is 30.0 Å². The van der Waals surface area contributed by atoms with Gasteiger partial charge in [0.1, 0.15) is 0 Å². The molecule has 1 aromatic heterocycles. The second-order valence-corrected chi connectivity index (χ2v) is 2.78. The third kappa shape index (κ3) is 2.50. The van der Waals surface area contributed by atoms with E-state index in [1.807, 2.05) is 0 Å². The number of pyridine rings is 1. The van der Waals surface area contributed by atoms with Crippen molar-refractivity contribution in [3.63, 3.8) is 0 Å². The lowest BCUT2D eigenvalue weighted by Crippen LogP contribution is -2.18. The monoisotopic (exact) mass is 243 g/mol. The summed E-state index contributed by atoms with van der Waals surface area (Å²) in [6, 6.07) is 0.114. The van der Waals surface area contributed by atoms with E-state index >= 15 is 0 Å². The summed E-state index contributed by atoms with van der Waals surface area (Å²) in [5, 5.41) is 0. The number of alkyl halides is 6. The molecule has 0 spiro atoms. The number of aldehydes is 1. The van der Waals surface area contributed by atoms with E-state index in [2.05, 4.69) is 4.98 Å². The molecule has 0 atom stereocenters. The minimum absolute atomic E-state index is 0.0115. The molecular formula is C8H3F6NO. The minimum atomic E-state index is -5.22. The Kier molecular flexibility index (Phi) is 2.93. The van der Waals surface area contributed by atoms with E-state index in [1.165, 1.54) is 0 Å². The van der Waals surface area contributed by atoms with E-state index in [0.717, 1.165) is 0 Å². The van der Waals surface area contributed by atoms with E-state index in [-0.39, 0.29) is 12.4 Å². The van der Waals surface area contributed by atoms with Crippen molar-refractivity contribution in [2.75, 3.05) is 0 Å². The molecule has 1 aromatic rings. The fraction of sp³-hybridized carbons (Fsp3) is 0.250. The molecule has 0 radical (unpaired) electrons. The van der Waals surface area contributed by atoms with Crippen LogP contribution in [0.3, 0.4) is 0 Å². The molecule has 1 rings (SSSR count). The zero-order chi connectivity index (χ0) is 12.6. The summed E-state index contributed by atoms with van der Waals surface area (Å²) in [6.45, 7) is 0. The first-order chi connectivity index (χ1) is 7.16. The molecule has 0 unspecified atom stereocenters. The Hall–Kier alpha value is -1.60. The van der Waals surface area contributed by atoms with Gasteiger partial charge in [-0.05, 0) is 6.07 Å². The molecule has 0 aliphatic heterocycles. The van der Waals surface area contributed by atoms with E-state index in [0.29, 0.717) is 6.20 Å². The summed E-state index contributed by atoms with van der Waals surface area (Å²) < 4.78 is 73.2. The quantitative estimate of drug-likeness (QED) is 0.560. The third-order valence-electron chi connectivity index (χ3n) is 1.62. The van der Waals surface area contributed by atoms with Crippen LogP contribution in [0, 0.1) is 0 Å². The number of nitrogens with zero attached hydrogens (tertiary/aromatic N) is 1. The highest BCUT2D eigenvalue weighted by atomic mass is 19.4. The van der Waals surface area contributed by atoms with E-state index in [1.54, 1.807) is 0 Å². The van der Waals surface area contributed by atoms with Crippen molar-refractivity contribution >= 4 is 6.29 Å². The lowest BCUT2D eigenvalue weighted by molar-refractivity contribution is -0.164. The number of halogens is 6. The Bertz CT molecular complexity index is 408. The van der Waals surface area contributed by atoms with Gasteiger partial charge in [0.2, 0.25) is 0 Å². The number of aromatic nitrogens is 1. The average Bonchev–Trinajstić information content (AvgIpc) is 2.14. The van der Waals surface area contributed by atoms with Gasteiger partial charge in [-0.15, -0.1) is 0 Å². The molecule has 0 N–H and O–H groups in total. The fourth-order valence-electron chi connectivity index (χ4n) is 0.987. The maximum atomic E-state index is 12.2. The van der Waals surface area contributed by atoms with Crippen LogP contribution in [0.4, 0.5) is 26.3 Å². The number of carbonyl (C=O) groups is 1. The molecule has 0 fully saturated rings. The predicted molar refractivity (Wildman–Crippen MR) is 39.6 cm³/mol. The summed E-state index contributed by atoms with van der Waals surface area (Å²) in [5.74, 6) is 0. The second-order valence-electron chi connectivity index (χ2n) is 2.78. The molecule has 0 aliphatic rings. The van der Waals surface area contributed by atoms with Crippen molar-refractivity contribution in [1.29, 1.82) is 0 Å². The summed E-state index contributed by atoms with van der Waals surface area (Å²) in [7, 11) is 0. The Morgan fingerprint density at radius 1 is 1.06 bits per heavy atom. The van der Waals surface area contributed by atoms with Crippen molar-refractivity contribution in [3.05, 3.63) is 29.1 Å².